The van der Waals surface area contributed by atoms with Crippen LogP contribution in [0.5, 0.6) is 0 Å². The maximum absolute atomic E-state index is 12.9. The third-order valence-corrected chi connectivity index (χ3v) is 5.50. The summed E-state index contributed by atoms with van der Waals surface area (Å²) in [4.78, 5) is 61.5. The van der Waals surface area contributed by atoms with Crippen LogP contribution in [0.4, 0.5) is 0 Å². The van der Waals surface area contributed by atoms with E-state index in [4.69, 9.17) is 27.4 Å². The Morgan fingerprint density at radius 3 is 1.76 bits per heavy atom. The number of aliphatic carboxylic acids is 1. The average molecular weight is 534 g/mol. The molecule has 0 fully saturated rings. The lowest BCUT2D eigenvalue weighted by Crippen LogP contribution is -2.60. The quantitative estimate of drug-likeness (QED) is 0.0714. The molecule has 0 unspecified atom stereocenters. The van der Waals surface area contributed by atoms with Crippen molar-refractivity contribution in [2.45, 2.75) is 88.7 Å². The fraction of sp³-hybridized carbons (Fsp3) is 0.773. The van der Waals surface area contributed by atoms with Crippen molar-refractivity contribution in [3.05, 3.63) is 0 Å². The Kier molecular flexibility index (Phi) is 17.0. The first-order valence-electron chi connectivity index (χ1n) is 12.3. The van der Waals surface area contributed by atoms with E-state index in [0.29, 0.717) is 45.2 Å². The molecular formula is C22H43N7O8. The third kappa shape index (κ3) is 13.3. The second-order valence-electron chi connectivity index (χ2n) is 8.78. The molecule has 0 aliphatic carbocycles. The van der Waals surface area contributed by atoms with Gasteiger partial charge in [0.2, 0.25) is 23.6 Å². The Morgan fingerprint density at radius 2 is 1.27 bits per heavy atom. The number of carboxylic acid groups (broad SMARTS) is 1. The highest BCUT2D eigenvalue weighted by atomic mass is 16.4. The van der Waals surface area contributed by atoms with Gasteiger partial charge in [0.25, 0.3) is 0 Å². The lowest BCUT2D eigenvalue weighted by Gasteiger charge is -2.26. The minimum Gasteiger partial charge on any atom is -0.480 e. The number of hydrogen-bond acceptors (Lipinski definition) is 10. The number of carbonyl (C=O) groups is 5. The largest absolute Gasteiger partial charge is 0.480 e. The maximum Gasteiger partial charge on any atom is 0.328 e. The lowest BCUT2D eigenvalue weighted by molar-refractivity contribution is -0.144. The topological polar surface area (TPSA) is 272 Å². The number of amides is 4. The molecule has 13 N–H and O–H groups in total. The van der Waals surface area contributed by atoms with Gasteiger partial charge in [-0.15, -0.1) is 0 Å². The predicted molar refractivity (Wildman–Crippen MR) is 134 cm³/mol. The highest BCUT2D eigenvalue weighted by Gasteiger charge is 2.32. The van der Waals surface area contributed by atoms with Gasteiger partial charge in [0.05, 0.1) is 18.8 Å². The summed E-state index contributed by atoms with van der Waals surface area (Å²) in [6.07, 6.45) is 1.44. The Bertz CT molecular complexity index is 753. The zero-order chi connectivity index (χ0) is 28.5. The van der Waals surface area contributed by atoms with E-state index in [2.05, 4.69) is 16.0 Å². The predicted octanol–water partition coefficient (Wildman–Crippen LogP) is -4.01. The van der Waals surface area contributed by atoms with Crippen LogP contribution in [0.2, 0.25) is 0 Å². The molecule has 37 heavy (non-hydrogen) atoms. The molecule has 0 aromatic heterocycles. The van der Waals surface area contributed by atoms with Crippen LogP contribution in [-0.4, -0.2) is 101 Å². The molecule has 0 rings (SSSR count). The zero-order valence-electron chi connectivity index (χ0n) is 21.4. The van der Waals surface area contributed by atoms with Gasteiger partial charge in [-0.2, -0.15) is 0 Å². The number of rotatable bonds is 19. The fourth-order valence-corrected chi connectivity index (χ4v) is 3.19. The summed E-state index contributed by atoms with van der Waals surface area (Å²) in [5.41, 5.74) is 16.8. The van der Waals surface area contributed by atoms with Crippen molar-refractivity contribution in [3.63, 3.8) is 0 Å². The van der Waals surface area contributed by atoms with Crippen molar-refractivity contribution < 1.29 is 39.3 Å². The normalized spacial score (nSPS) is 15.9. The van der Waals surface area contributed by atoms with Crippen molar-refractivity contribution in [1.82, 2.24) is 21.3 Å². The molecule has 0 bridgehead atoms. The molecule has 0 spiro atoms. The van der Waals surface area contributed by atoms with Crippen LogP contribution in [0, 0.1) is 0 Å². The summed E-state index contributed by atoms with van der Waals surface area (Å²) in [5, 5.41) is 37.4. The van der Waals surface area contributed by atoms with E-state index < -0.39 is 72.5 Å². The van der Waals surface area contributed by atoms with Gasteiger partial charge in [-0.05, 0) is 59.0 Å². The fourth-order valence-electron chi connectivity index (χ4n) is 3.19. The number of aliphatic hydroxyl groups excluding tert-OH is 2. The molecule has 15 nitrogen and oxygen atoms in total. The molecule has 6 atom stereocenters. The zero-order valence-corrected chi connectivity index (χ0v) is 21.4. The number of nitrogens with one attached hydrogen (secondary N) is 4. The first kappa shape index (κ1) is 34.1. The molecule has 0 radical (unpaired) electrons. The van der Waals surface area contributed by atoms with Gasteiger partial charge >= 0.3 is 5.97 Å². The van der Waals surface area contributed by atoms with E-state index in [0.717, 1.165) is 0 Å². The SMILES string of the molecule is C[C@H](NC(=O)[C@@H](N)CCCCN)C(=O)N[C@@H](CCCCN)C(=O)N[C@H](C(=O)N[C@@H](CO)C(=O)O)[C@@H](C)O. The summed E-state index contributed by atoms with van der Waals surface area (Å²) in [7, 11) is 0. The molecule has 0 heterocycles. The van der Waals surface area contributed by atoms with E-state index in [1.54, 1.807) is 0 Å². The van der Waals surface area contributed by atoms with Gasteiger partial charge in [-0.25, -0.2) is 4.79 Å². The molecule has 214 valence electrons. The van der Waals surface area contributed by atoms with E-state index in [-0.39, 0.29) is 6.42 Å². The number of carboxylic acids is 1. The van der Waals surface area contributed by atoms with E-state index in [1.807, 2.05) is 5.32 Å². The average Bonchev–Trinajstić information content (AvgIpc) is 2.84. The maximum atomic E-state index is 12.9. The molecule has 0 aromatic rings. The van der Waals surface area contributed by atoms with E-state index in [9.17, 15) is 29.1 Å². The van der Waals surface area contributed by atoms with Crippen LogP contribution in [0.25, 0.3) is 0 Å². The molecule has 0 aliphatic rings. The van der Waals surface area contributed by atoms with Crippen LogP contribution in [0.3, 0.4) is 0 Å². The summed E-state index contributed by atoms with van der Waals surface area (Å²) in [6, 6.07) is -6.23. The summed E-state index contributed by atoms with van der Waals surface area (Å²) >= 11 is 0. The van der Waals surface area contributed by atoms with Crippen LogP contribution in [0.1, 0.15) is 52.4 Å². The minimum absolute atomic E-state index is 0.135. The number of aliphatic hydroxyl groups is 2. The molecule has 0 aliphatic heterocycles. The van der Waals surface area contributed by atoms with Crippen LogP contribution in [0.15, 0.2) is 0 Å². The Balaban J connectivity index is 5.34. The van der Waals surface area contributed by atoms with Crippen molar-refractivity contribution in [2.75, 3.05) is 19.7 Å². The van der Waals surface area contributed by atoms with E-state index in [1.165, 1.54) is 13.8 Å². The first-order chi connectivity index (χ1) is 17.4. The van der Waals surface area contributed by atoms with Crippen molar-refractivity contribution >= 4 is 29.6 Å². The van der Waals surface area contributed by atoms with Crippen LogP contribution >= 0.6 is 0 Å². The van der Waals surface area contributed by atoms with Crippen molar-refractivity contribution in [2.24, 2.45) is 17.2 Å². The number of hydrogen-bond donors (Lipinski definition) is 10. The molecule has 4 amide bonds. The summed E-state index contributed by atoms with van der Waals surface area (Å²) in [6.45, 7) is 2.53. The Morgan fingerprint density at radius 1 is 0.730 bits per heavy atom. The molecular weight excluding hydrogens is 490 g/mol. The van der Waals surface area contributed by atoms with Crippen molar-refractivity contribution in [1.29, 1.82) is 0 Å². The molecule has 0 aromatic carbocycles. The van der Waals surface area contributed by atoms with Gasteiger partial charge in [0.15, 0.2) is 0 Å². The van der Waals surface area contributed by atoms with E-state index >= 15 is 0 Å². The minimum atomic E-state index is -1.64. The number of unbranched alkanes of at least 4 members (excludes halogenated alkanes) is 2. The highest BCUT2D eigenvalue weighted by Crippen LogP contribution is 2.05. The molecule has 15 heteroatoms. The van der Waals surface area contributed by atoms with Gasteiger partial charge in [0, 0.05) is 0 Å². The van der Waals surface area contributed by atoms with Gasteiger partial charge < -0.3 is 53.8 Å². The standard InChI is InChI=1S/C22H43N7O8/c1-12(26-19(33)14(25)7-3-5-9-23)18(32)27-15(8-4-6-10-24)20(34)29-17(13(2)31)21(35)28-16(11-30)22(36)37/h12-17,30-31H,3-11,23-25H2,1-2H3,(H,26,33)(H,27,32)(H,28,35)(H,29,34)(H,36,37)/t12-,13+,14-,15-,16-,17-/m0/s1. The summed E-state index contributed by atoms with van der Waals surface area (Å²) in [5.74, 6) is -4.58. The molecule has 0 saturated carbocycles. The monoisotopic (exact) mass is 533 g/mol. The van der Waals surface area contributed by atoms with Crippen molar-refractivity contribution in [3.8, 4) is 0 Å². The third-order valence-electron chi connectivity index (χ3n) is 5.50. The Labute approximate surface area is 216 Å². The first-order valence-corrected chi connectivity index (χ1v) is 12.3. The lowest BCUT2D eigenvalue weighted by atomic mass is 10.1. The summed E-state index contributed by atoms with van der Waals surface area (Å²) < 4.78 is 0. The second kappa shape index (κ2) is 18.4. The van der Waals surface area contributed by atoms with Gasteiger partial charge in [-0.1, -0.05) is 6.42 Å². The molecule has 0 saturated heterocycles. The van der Waals surface area contributed by atoms with Gasteiger partial charge in [-0.3, -0.25) is 19.2 Å². The smallest absolute Gasteiger partial charge is 0.328 e. The highest BCUT2D eigenvalue weighted by molar-refractivity contribution is 5.95. The van der Waals surface area contributed by atoms with Gasteiger partial charge in [0.1, 0.15) is 24.2 Å². The number of nitrogens with two attached hydrogens (primary N) is 3. The second-order valence-corrected chi connectivity index (χ2v) is 8.78. The van der Waals surface area contributed by atoms with Crippen LogP contribution < -0.4 is 38.5 Å². The Hall–Kier alpha value is -2.85. The number of carbonyl (C=O) groups excluding carboxylic acids is 4. The van der Waals surface area contributed by atoms with Crippen LogP contribution in [-0.2, 0) is 24.0 Å².